The number of hydrogen-bond acceptors (Lipinski definition) is 2. The molecule has 2 nitrogen and oxygen atoms in total. The second kappa shape index (κ2) is 5.80. The van der Waals surface area contributed by atoms with Crippen molar-refractivity contribution in [3.05, 3.63) is 29.8 Å². The van der Waals surface area contributed by atoms with E-state index in [-0.39, 0.29) is 0 Å². The van der Waals surface area contributed by atoms with Crippen LogP contribution in [0.4, 0.5) is 5.69 Å². The van der Waals surface area contributed by atoms with Gasteiger partial charge in [0.25, 0.3) is 0 Å². The van der Waals surface area contributed by atoms with Crippen LogP contribution in [0.3, 0.4) is 0 Å². The third-order valence-corrected chi connectivity index (χ3v) is 5.69. The first-order valence-electron chi connectivity index (χ1n) is 5.08. The summed E-state index contributed by atoms with van der Waals surface area (Å²) in [6.45, 7) is 0. The summed E-state index contributed by atoms with van der Waals surface area (Å²) in [6, 6.07) is 7.98. The molecule has 0 heterocycles. The van der Waals surface area contributed by atoms with E-state index in [4.69, 9.17) is 23.6 Å². The summed E-state index contributed by atoms with van der Waals surface area (Å²) in [4.78, 5) is 5.98. The third kappa shape index (κ3) is 4.70. The van der Waals surface area contributed by atoms with Crippen LogP contribution in [0.1, 0.15) is 11.1 Å². The van der Waals surface area contributed by atoms with Crippen molar-refractivity contribution in [3.8, 4) is 0 Å². The standard InChI is InChI=1S/C9H11ClNO.2CH3.ClH.Sn/c1-11(2)8-5-3-7(4-6-8)9(10)12;;;;/h3-6,9H,1-2H3;2*1H3;1H;/q-1;;;;+2/p-1. The van der Waals surface area contributed by atoms with Crippen LogP contribution in [-0.4, -0.2) is 31.8 Å². The molecule has 0 aliphatic carbocycles. The van der Waals surface area contributed by atoms with E-state index < -0.39 is 23.2 Å². The summed E-state index contributed by atoms with van der Waals surface area (Å²) in [5.74, 6) is 0. The molecule has 0 aliphatic heterocycles. The molecular weight excluding hydrogens is 352 g/mol. The van der Waals surface area contributed by atoms with Crippen molar-refractivity contribution >= 4 is 43.9 Å². The number of anilines is 1. The van der Waals surface area contributed by atoms with Crippen LogP contribution >= 0.6 is 20.5 Å². The molecule has 0 radical (unpaired) electrons. The van der Waals surface area contributed by atoms with E-state index in [1.165, 1.54) is 0 Å². The van der Waals surface area contributed by atoms with Crippen LogP contribution in [0.15, 0.2) is 24.3 Å². The average Bonchev–Trinajstić information content (AvgIpc) is 2.15. The number of rotatable bonds is 4. The van der Waals surface area contributed by atoms with Crippen molar-refractivity contribution in [2.45, 2.75) is 15.4 Å². The SMILES string of the molecule is CN(C)c1ccc(C(Cl)[O][Sn]([CH3])([CH3])[Cl])cc1. The predicted octanol–water partition coefficient (Wildman–Crippen LogP) is 3.95. The molecule has 0 N–H and O–H groups in total. The monoisotopic (exact) mass is 369 g/mol. The van der Waals surface area contributed by atoms with E-state index in [9.17, 15) is 0 Å². The fraction of sp³-hybridized carbons (Fsp3) is 0.455. The maximum absolute atomic E-state index is 6.16. The molecule has 0 saturated carbocycles. The van der Waals surface area contributed by atoms with Crippen LogP contribution in [0.2, 0.25) is 9.88 Å². The van der Waals surface area contributed by atoms with Crippen LogP contribution in [-0.2, 0) is 3.07 Å². The van der Waals surface area contributed by atoms with Gasteiger partial charge in [-0.2, -0.15) is 0 Å². The summed E-state index contributed by atoms with van der Waals surface area (Å²) in [7, 11) is 10.2. The zero-order chi connectivity index (χ0) is 12.3. The zero-order valence-corrected chi connectivity index (χ0v) is 14.4. The quantitative estimate of drug-likeness (QED) is 0.589. The Balaban J connectivity index is 2.74. The van der Waals surface area contributed by atoms with E-state index in [2.05, 4.69) is 0 Å². The Hall–Kier alpha value is 0.359. The minimum absolute atomic E-state index is 0.431. The minimum atomic E-state index is -2.80. The molecule has 0 spiro atoms. The van der Waals surface area contributed by atoms with Gasteiger partial charge in [0.2, 0.25) is 0 Å². The normalized spacial score (nSPS) is 13.6. The van der Waals surface area contributed by atoms with E-state index >= 15 is 0 Å². The first-order chi connectivity index (χ1) is 7.29. The molecule has 1 atom stereocenters. The molecule has 1 aromatic rings. The number of hydrogen-bond donors (Lipinski definition) is 0. The molecule has 1 aromatic carbocycles. The number of alkyl halides is 1. The van der Waals surface area contributed by atoms with Gasteiger partial charge >= 0.3 is 111 Å². The summed E-state index contributed by atoms with van der Waals surface area (Å²) in [5.41, 5.74) is 1.67. The van der Waals surface area contributed by atoms with Gasteiger partial charge in [-0.15, -0.1) is 0 Å². The molecule has 0 amide bonds. The van der Waals surface area contributed by atoms with Crippen molar-refractivity contribution < 1.29 is 3.07 Å². The molecule has 16 heavy (non-hydrogen) atoms. The average molecular weight is 369 g/mol. The van der Waals surface area contributed by atoms with Crippen molar-refractivity contribution in [2.75, 3.05) is 19.0 Å². The Labute approximate surface area is 111 Å². The fourth-order valence-electron chi connectivity index (χ4n) is 1.24. The predicted molar refractivity (Wildman–Crippen MR) is 73.8 cm³/mol. The summed E-state index contributed by atoms with van der Waals surface area (Å²) in [5, 5.41) is 0. The van der Waals surface area contributed by atoms with Crippen molar-refractivity contribution in [3.63, 3.8) is 0 Å². The first kappa shape index (κ1) is 14.4. The summed E-state index contributed by atoms with van der Waals surface area (Å²) in [6.07, 6.45) is 0. The molecule has 5 heteroatoms. The topological polar surface area (TPSA) is 12.5 Å². The maximum atomic E-state index is 6.16. The number of halogens is 2. The molecular formula is C11H17Cl2NOSn. The van der Waals surface area contributed by atoms with E-state index in [1.807, 2.05) is 53.1 Å². The molecule has 0 fully saturated rings. The van der Waals surface area contributed by atoms with Crippen LogP contribution < -0.4 is 4.90 Å². The molecule has 90 valence electrons. The van der Waals surface area contributed by atoms with Gasteiger partial charge in [-0.25, -0.2) is 0 Å². The Morgan fingerprint density at radius 3 is 2.06 bits per heavy atom. The summed E-state index contributed by atoms with van der Waals surface area (Å²) >= 11 is 3.35. The molecule has 0 aromatic heterocycles. The molecule has 0 saturated heterocycles. The molecule has 0 aliphatic rings. The number of benzene rings is 1. The van der Waals surface area contributed by atoms with Gasteiger partial charge in [-0.3, -0.25) is 0 Å². The van der Waals surface area contributed by atoms with Crippen LogP contribution in [0.5, 0.6) is 0 Å². The van der Waals surface area contributed by atoms with E-state index in [0.717, 1.165) is 11.3 Å². The van der Waals surface area contributed by atoms with Gasteiger partial charge in [0.15, 0.2) is 0 Å². The Bertz CT molecular complexity index is 335. The van der Waals surface area contributed by atoms with Crippen molar-refractivity contribution in [2.24, 2.45) is 0 Å². The van der Waals surface area contributed by atoms with Gasteiger partial charge in [-0.1, -0.05) is 0 Å². The Morgan fingerprint density at radius 2 is 1.69 bits per heavy atom. The van der Waals surface area contributed by atoms with Gasteiger partial charge in [0, 0.05) is 0 Å². The second-order valence-electron chi connectivity index (χ2n) is 4.28. The molecule has 1 unspecified atom stereocenters. The fourth-order valence-corrected chi connectivity index (χ4v) is 5.57. The van der Waals surface area contributed by atoms with Gasteiger partial charge < -0.3 is 0 Å². The number of nitrogens with zero attached hydrogens (tertiary/aromatic N) is 1. The summed E-state index contributed by atoms with van der Waals surface area (Å²) < 4.78 is 5.65. The van der Waals surface area contributed by atoms with Gasteiger partial charge in [0.05, 0.1) is 0 Å². The van der Waals surface area contributed by atoms with Crippen LogP contribution in [0.25, 0.3) is 0 Å². The van der Waals surface area contributed by atoms with Crippen LogP contribution in [0, 0.1) is 0 Å². The Morgan fingerprint density at radius 1 is 1.19 bits per heavy atom. The van der Waals surface area contributed by atoms with E-state index in [0.29, 0.717) is 0 Å². The Kier molecular flexibility index (Phi) is 5.23. The van der Waals surface area contributed by atoms with Gasteiger partial charge in [-0.05, 0) is 0 Å². The van der Waals surface area contributed by atoms with E-state index in [1.54, 1.807) is 0 Å². The van der Waals surface area contributed by atoms with Gasteiger partial charge in [0.1, 0.15) is 0 Å². The first-order valence-corrected chi connectivity index (χ1v) is 16.0. The third-order valence-electron chi connectivity index (χ3n) is 2.06. The van der Waals surface area contributed by atoms with Crippen molar-refractivity contribution in [1.29, 1.82) is 0 Å². The molecule has 1 rings (SSSR count). The zero-order valence-electron chi connectivity index (χ0n) is 10.00. The second-order valence-corrected chi connectivity index (χ2v) is 19.2. The van der Waals surface area contributed by atoms with Crippen molar-refractivity contribution in [1.82, 2.24) is 0 Å². The molecule has 0 bridgehead atoms.